The van der Waals surface area contributed by atoms with Gasteiger partial charge in [0.1, 0.15) is 10.6 Å². The molecule has 4 rings (SSSR count). The van der Waals surface area contributed by atoms with Gasteiger partial charge in [-0.1, -0.05) is 47.5 Å². The van der Waals surface area contributed by atoms with E-state index in [1.165, 1.54) is 18.2 Å². The largest absolute Gasteiger partial charge is 0.422 e. The van der Waals surface area contributed by atoms with Crippen molar-refractivity contribution in [2.24, 2.45) is 0 Å². The Morgan fingerprint density at radius 1 is 0.935 bits per heavy atom. The molecule has 9 heteroatoms. The molecule has 1 amide bonds. The second-order valence-corrected chi connectivity index (χ2v) is 7.37. The topological polar surface area (TPSA) is 102 Å². The number of rotatable bonds is 4. The minimum Gasteiger partial charge on any atom is -0.422 e. The van der Waals surface area contributed by atoms with Crippen LogP contribution >= 0.6 is 23.2 Å². The van der Waals surface area contributed by atoms with E-state index in [0.29, 0.717) is 16.8 Å². The molecule has 3 aromatic carbocycles. The number of hydrogen-bond acceptors (Lipinski definition) is 5. The Labute approximate surface area is 185 Å². The molecule has 7 nitrogen and oxygen atoms in total. The van der Waals surface area contributed by atoms with Crippen molar-refractivity contribution in [3.63, 3.8) is 0 Å². The first-order valence-corrected chi connectivity index (χ1v) is 9.67. The number of nitro groups is 1. The van der Waals surface area contributed by atoms with Crippen LogP contribution in [-0.2, 0) is 0 Å². The van der Waals surface area contributed by atoms with Gasteiger partial charge in [-0.2, -0.15) is 0 Å². The summed E-state index contributed by atoms with van der Waals surface area (Å²) in [6, 6.07) is 17.2. The standard InChI is InChI=1S/C22H12Cl2N2O5/c23-17-8-5-13(10-19(17)26(29)30)21(27)25-14-6-7-15(18(24)11-14)16-9-12-3-1-2-4-20(12)31-22(16)28/h1-11H,(H,25,27). The van der Waals surface area contributed by atoms with E-state index >= 15 is 0 Å². The summed E-state index contributed by atoms with van der Waals surface area (Å²) in [7, 11) is 0. The lowest BCUT2D eigenvalue weighted by Gasteiger charge is -2.09. The van der Waals surface area contributed by atoms with Crippen LogP contribution in [-0.4, -0.2) is 10.8 Å². The van der Waals surface area contributed by atoms with Gasteiger partial charge in [0, 0.05) is 28.3 Å². The van der Waals surface area contributed by atoms with E-state index in [4.69, 9.17) is 27.6 Å². The zero-order valence-electron chi connectivity index (χ0n) is 15.6. The van der Waals surface area contributed by atoms with Gasteiger partial charge in [-0.25, -0.2) is 4.79 Å². The predicted molar refractivity (Wildman–Crippen MR) is 119 cm³/mol. The van der Waals surface area contributed by atoms with Crippen molar-refractivity contribution < 1.29 is 14.1 Å². The molecule has 0 aliphatic carbocycles. The summed E-state index contributed by atoms with van der Waals surface area (Å²) in [6.07, 6.45) is 0. The van der Waals surface area contributed by atoms with E-state index in [-0.39, 0.29) is 26.9 Å². The lowest BCUT2D eigenvalue weighted by Crippen LogP contribution is -2.12. The van der Waals surface area contributed by atoms with Crippen LogP contribution in [0.2, 0.25) is 10.0 Å². The van der Waals surface area contributed by atoms with Gasteiger partial charge in [0.2, 0.25) is 0 Å². The molecule has 0 saturated heterocycles. The summed E-state index contributed by atoms with van der Waals surface area (Å²) in [6.45, 7) is 0. The highest BCUT2D eigenvalue weighted by Crippen LogP contribution is 2.31. The van der Waals surface area contributed by atoms with Gasteiger partial charge in [0.15, 0.2) is 0 Å². The number of nitro benzene ring substituents is 1. The lowest BCUT2D eigenvalue weighted by molar-refractivity contribution is -0.384. The minimum absolute atomic E-state index is 0.0615. The third-order valence-corrected chi connectivity index (χ3v) is 5.20. The Hall–Kier alpha value is -3.68. The SMILES string of the molecule is O=C(Nc1ccc(-c2cc3ccccc3oc2=O)c(Cl)c1)c1ccc(Cl)c([N+](=O)[O-])c1. The Bertz CT molecular complexity index is 1410. The molecule has 0 saturated carbocycles. The molecule has 0 aliphatic rings. The minimum atomic E-state index is -0.667. The van der Waals surface area contributed by atoms with Crippen LogP contribution in [0.4, 0.5) is 11.4 Å². The average molecular weight is 455 g/mol. The van der Waals surface area contributed by atoms with E-state index in [2.05, 4.69) is 5.32 Å². The summed E-state index contributed by atoms with van der Waals surface area (Å²) >= 11 is 12.1. The lowest BCUT2D eigenvalue weighted by atomic mass is 10.1. The van der Waals surface area contributed by atoms with Crippen molar-refractivity contribution in [1.82, 2.24) is 0 Å². The van der Waals surface area contributed by atoms with Crippen LogP contribution in [0.1, 0.15) is 10.4 Å². The van der Waals surface area contributed by atoms with Crippen LogP contribution in [0, 0.1) is 10.1 Å². The average Bonchev–Trinajstić information content (AvgIpc) is 2.73. The van der Waals surface area contributed by atoms with Gasteiger partial charge in [0.25, 0.3) is 11.6 Å². The highest BCUT2D eigenvalue weighted by molar-refractivity contribution is 6.34. The molecular weight excluding hydrogens is 443 g/mol. The highest BCUT2D eigenvalue weighted by Gasteiger charge is 2.17. The molecule has 0 bridgehead atoms. The fraction of sp³-hybridized carbons (Fsp3) is 0. The molecule has 1 heterocycles. The molecule has 0 fully saturated rings. The van der Waals surface area contributed by atoms with E-state index < -0.39 is 16.5 Å². The second-order valence-electron chi connectivity index (χ2n) is 6.56. The van der Waals surface area contributed by atoms with Gasteiger partial charge in [-0.15, -0.1) is 0 Å². The normalized spacial score (nSPS) is 10.8. The molecule has 0 radical (unpaired) electrons. The summed E-state index contributed by atoms with van der Waals surface area (Å²) in [5, 5.41) is 14.5. The van der Waals surface area contributed by atoms with Gasteiger partial charge < -0.3 is 9.73 Å². The number of carbonyl (C=O) groups is 1. The quantitative estimate of drug-likeness (QED) is 0.234. The fourth-order valence-electron chi connectivity index (χ4n) is 3.06. The molecular formula is C22H12Cl2N2O5. The number of nitrogens with one attached hydrogen (secondary N) is 1. The smallest absolute Gasteiger partial charge is 0.344 e. The summed E-state index contributed by atoms with van der Waals surface area (Å²) in [4.78, 5) is 35.2. The third-order valence-electron chi connectivity index (χ3n) is 4.56. The Kier molecular flexibility index (Phi) is 5.46. The summed E-state index contributed by atoms with van der Waals surface area (Å²) in [5.41, 5.74) is 0.703. The van der Waals surface area contributed by atoms with E-state index in [1.807, 2.05) is 12.1 Å². The third kappa shape index (κ3) is 4.14. The van der Waals surface area contributed by atoms with E-state index in [9.17, 15) is 19.7 Å². The summed E-state index contributed by atoms with van der Waals surface area (Å²) < 4.78 is 5.35. The number of benzene rings is 3. The number of carbonyl (C=O) groups excluding carboxylic acids is 1. The molecule has 0 unspecified atom stereocenters. The van der Waals surface area contributed by atoms with E-state index in [0.717, 1.165) is 11.5 Å². The zero-order chi connectivity index (χ0) is 22.1. The molecule has 0 atom stereocenters. The number of nitrogens with zero attached hydrogens (tertiary/aromatic N) is 1. The van der Waals surface area contributed by atoms with Crippen LogP contribution in [0.3, 0.4) is 0 Å². The molecule has 154 valence electrons. The van der Waals surface area contributed by atoms with Crippen molar-refractivity contribution in [3.05, 3.63) is 103 Å². The Morgan fingerprint density at radius 2 is 1.71 bits per heavy atom. The van der Waals surface area contributed by atoms with Crippen molar-refractivity contribution in [2.45, 2.75) is 0 Å². The predicted octanol–water partition coefficient (Wildman–Crippen LogP) is 5.93. The second kappa shape index (κ2) is 8.22. The van der Waals surface area contributed by atoms with Gasteiger partial charge in [-0.3, -0.25) is 14.9 Å². The number of hydrogen-bond donors (Lipinski definition) is 1. The number of fused-ring (bicyclic) bond motifs is 1. The van der Waals surface area contributed by atoms with Gasteiger partial charge in [-0.05, 0) is 36.4 Å². The molecule has 1 N–H and O–H groups in total. The number of para-hydroxylation sites is 1. The maximum Gasteiger partial charge on any atom is 0.344 e. The van der Waals surface area contributed by atoms with Crippen molar-refractivity contribution in [2.75, 3.05) is 5.32 Å². The van der Waals surface area contributed by atoms with Gasteiger partial charge >= 0.3 is 5.63 Å². The van der Waals surface area contributed by atoms with Crippen LogP contribution < -0.4 is 10.9 Å². The maximum absolute atomic E-state index is 12.5. The van der Waals surface area contributed by atoms with Crippen LogP contribution in [0.25, 0.3) is 22.1 Å². The molecule has 0 aliphatic heterocycles. The molecule has 4 aromatic rings. The van der Waals surface area contributed by atoms with Crippen LogP contribution in [0.15, 0.2) is 75.9 Å². The van der Waals surface area contributed by atoms with Crippen molar-refractivity contribution in [3.8, 4) is 11.1 Å². The molecule has 31 heavy (non-hydrogen) atoms. The number of amides is 1. The first kappa shape index (κ1) is 20.6. The van der Waals surface area contributed by atoms with E-state index in [1.54, 1.807) is 30.3 Å². The summed E-state index contributed by atoms with van der Waals surface area (Å²) in [5.74, 6) is -0.575. The highest BCUT2D eigenvalue weighted by atomic mass is 35.5. The zero-order valence-corrected chi connectivity index (χ0v) is 17.1. The first-order valence-electron chi connectivity index (χ1n) is 8.91. The van der Waals surface area contributed by atoms with Crippen molar-refractivity contribution in [1.29, 1.82) is 0 Å². The maximum atomic E-state index is 12.5. The fourth-order valence-corrected chi connectivity index (χ4v) is 3.53. The van der Waals surface area contributed by atoms with Gasteiger partial charge in [0.05, 0.1) is 15.5 Å². The number of anilines is 1. The Balaban J connectivity index is 1.63. The van der Waals surface area contributed by atoms with Crippen molar-refractivity contribution >= 4 is 51.5 Å². The number of halogens is 2. The molecule has 0 spiro atoms. The molecule has 1 aromatic heterocycles. The first-order chi connectivity index (χ1) is 14.8. The monoisotopic (exact) mass is 454 g/mol. The van der Waals surface area contributed by atoms with Crippen LogP contribution in [0.5, 0.6) is 0 Å². The Morgan fingerprint density at radius 3 is 2.45 bits per heavy atom.